The molecule has 250 valence electrons. The third kappa shape index (κ3) is 4.33. The van der Waals surface area contributed by atoms with Crippen molar-refractivity contribution in [2.75, 3.05) is 0 Å². The van der Waals surface area contributed by atoms with Crippen LogP contribution in [0.25, 0.3) is 88.4 Å². The van der Waals surface area contributed by atoms with E-state index in [0.29, 0.717) is 0 Å². The summed E-state index contributed by atoms with van der Waals surface area (Å²) in [6.45, 7) is 4.78. The van der Waals surface area contributed by atoms with E-state index in [0.717, 1.165) is 0 Å². The van der Waals surface area contributed by atoms with E-state index in [1.807, 2.05) is 0 Å². The molecule has 1 aliphatic rings. The van der Waals surface area contributed by atoms with Crippen molar-refractivity contribution in [1.29, 1.82) is 0 Å². The highest BCUT2D eigenvalue weighted by Crippen LogP contribution is 2.52. The van der Waals surface area contributed by atoms with Crippen LogP contribution in [0.3, 0.4) is 0 Å². The molecule has 0 radical (unpaired) electrons. The molecule has 8 aromatic carbocycles. The van der Waals surface area contributed by atoms with E-state index >= 15 is 0 Å². The Morgan fingerprint density at radius 1 is 0.358 bits per heavy atom. The van der Waals surface area contributed by atoms with Crippen LogP contribution in [0.4, 0.5) is 0 Å². The van der Waals surface area contributed by atoms with Gasteiger partial charge in [0.25, 0.3) is 0 Å². The molecule has 2 aromatic heterocycles. The topological polar surface area (TPSA) is 9.86 Å². The van der Waals surface area contributed by atoms with Crippen LogP contribution in [-0.2, 0) is 5.41 Å². The van der Waals surface area contributed by atoms with Gasteiger partial charge in [0.2, 0.25) is 0 Å². The summed E-state index contributed by atoms with van der Waals surface area (Å²) in [5.41, 5.74) is 17.4. The second-order valence-corrected chi connectivity index (χ2v) is 15.0. The molecule has 1 aliphatic carbocycles. The Hall–Kier alpha value is -6.64. The number of para-hydroxylation sites is 2. The first-order valence-electron chi connectivity index (χ1n) is 18.5. The molecule has 0 spiro atoms. The Morgan fingerprint density at radius 3 is 1.47 bits per heavy atom. The molecule has 0 N–H and O–H groups in total. The van der Waals surface area contributed by atoms with E-state index in [2.05, 4.69) is 205 Å². The Balaban J connectivity index is 1.14. The molecule has 2 heteroatoms. The van der Waals surface area contributed by atoms with Crippen LogP contribution in [0, 0.1) is 0 Å². The van der Waals surface area contributed by atoms with Gasteiger partial charge in [-0.1, -0.05) is 141 Å². The third-order valence-corrected chi connectivity index (χ3v) is 11.7. The molecule has 0 saturated carbocycles. The summed E-state index contributed by atoms with van der Waals surface area (Å²) in [6.07, 6.45) is 0. The number of benzene rings is 8. The van der Waals surface area contributed by atoms with Gasteiger partial charge in [-0.05, 0) is 93.5 Å². The quantitative estimate of drug-likeness (QED) is 0.176. The molecule has 0 amide bonds. The van der Waals surface area contributed by atoms with Crippen molar-refractivity contribution in [2.45, 2.75) is 19.3 Å². The largest absolute Gasteiger partial charge is 0.309 e. The molecule has 0 fully saturated rings. The summed E-state index contributed by atoms with van der Waals surface area (Å²) in [5, 5.41) is 5.09. The van der Waals surface area contributed by atoms with Gasteiger partial charge in [0.05, 0.1) is 27.8 Å². The molecule has 0 atom stereocenters. The Morgan fingerprint density at radius 2 is 0.887 bits per heavy atom. The zero-order chi connectivity index (χ0) is 35.3. The highest BCUT2D eigenvalue weighted by atomic mass is 15.0. The highest BCUT2D eigenvalue weighted by Gasteiger charge is 2.38. The summed E-state index contributed by atoms with van der Waals surface area (Å²) in [5.74, 6) is 0. The van der Waals surface area contributed by atoms with Gasteiger partial charge in [0.15, 0.2) is 0 Å². The lowest BCUT2D eigenvalue weighted by Crippen LogP contribution is -2.15. The number of rotatable bonds is 4. The lowest BCUT2D eigenvalue weighted by molar-refractivity contribution is 0.659. The smallest absolute Gasteiger partial charge is 0.0543 e. The fraction of sp³-hybridized carbons (Fsp3) is 0.0588. The van der Waals surface area contributed by atoms with Crippen LogP contribution in [-0.4, -0.2) is 9.13 Å². The van der Waals surface area contributed by atoms with Gasteiger partial charge in [-0.15, -0.1) is 0 Å². The maximum Gasteiger partial charge on any atom is 0.0543 e. The van der Waals surface area contributed by atoms with Crippen LogP contribution in [0.1, 0.15) is 25.0 Å². The zero-order valence-electron chi connectivity index (χ0n) is 29.7. The molecule has 0 aliphatic heterocycles. The molecular formula is C51H36N2. The molecule has 53 heavy (non-hydrogen) atoms. The van der Waals surface area contributed by atoms with E-state index in [4.69, 9.17) is 0 Å². The van der Waals surface area contributed by atoms with Crippen molar-refractivity contribution in [3.8, 4) is 44.8 Å². The van der Waals surface area contributed by atoms with Crippen molar-refractivity contribution in [1.82, 2.24) is 9.13 Å². The zero-order valence-corrected chi connectivity index (χ0v) is 29.7. The van der Waals surface area contributed by atoms with Crippen molar-refractivity contribution < 1.29 is 0 Å². The minimum atomic E-state index is -0.185. The van der Waals surface area contributed by atoms with E-state index in [-0.39, 0.29) is 5.41 Å². The maximum absolute atomic E-state index is 2.48. The van der Waals surface area contributed by atoms with E-state index in [1.165, 1.54) is 99.5 Å². The second-order valence-electron chi connectivity index (χ2n) is 15.0. The van der Waals surface area contributed by atoms with Crippen molar-refractivity contribution >= 4 is 43.6 Å². The van der Waals surface area contributed by atoms with Crippen LogP contribution in [0.2, 0.25) is 0 Å². The van der Waals surface area contributed by atoms with Crippen LogP contribution >= 0.6 is 0 Å². The first-order valence-corrected chi connectivity index (χ1v) is 18.5. The van der Waals surface area contributed by atoms with Gasteiger partial charge in [-0.25, -0.2) is 0 Å². The standard InChI is InChI=1S/C51H36N2/c1-51(2)43-20-13-23-49(53-45-21-11-9-18-38(45)39-19-10-12-22-46(39)53)50(43)40-27-26-37(32-44(40)51)52-47-28-24-35(33-14-5-3-6-15-33)30-41(47)42-31-36(25-29-48(42)52)34-16-7-4-8-17-34/h3-32H,1-2H3. The predicted molar refractivity (Wildman–Crippen MR) is 224 cm³/mol. The molecule has 10 aromatic rings. The molecule has 0 saturated heterocycles. The van der Waals surface area contributed by atoms with Gasteiger partial charge < -0.3 is 9.13 Å². The monoisotopic (exact) mass is 676 g/mol. The second kappa shape index (κ2) is 11.2. The highest BCUT2D eigenvalue weighted by molar-refractivity contribution is 6.12. The summed E-state index contributed by atoms with van der Waals surface area (Å²) >= 11 is 0. The Bertz CT molecular complexity index is 2920. The lowest BCUT2D eigenvalue weighted by atomic mass is 9.82. The number of hydrogen-bond donors (Lipinski definition) is 0. The number of nitrogens with zero attached hydrogens (tertiary/aromatic N) is 2. The molecule has 11 rings (SSSR count). The fourth-order valence-electron chi connectivity index (χ4n) is 9.19. The Kier molecular flexibility index (Phi) is 6.33. The SMILES string of the molecule is CC1(C)c2cc(-n3c4ccc(-c5ccccc5)cc4c4cc(-c5ccccc5)ccc43)ccc2-c2c(-n3c4ccccc4c4ccccc43)cccc21. The van der Waals surface area contributed by atoms with Crippen LogP contribution < -0.4 is 0 Å². The van der Waals surface area contributed by atoms with E-state index in [9.17, 15) is 0 Å². The minimum Gasteiger partial charge on any atom is -0.309 e. The molecular weight excluding hydrogens is 641 g/mol. The third-order valence-electron chi connectivity index (χ3n) is 11.7. The first-order chi connectivity index (χ1) is 26.1. The van der Waals surface area contributed by atoms with Crippen molar-refractivity contribution in [2.24, 2.45) is 0 Å². The number of hydrogen-bond acceptors (Lipinski definition) is 0. The fourth-order valence-corrected chi connectivity index (χ4v) is 9.19. The molecule has 0 bridgehead atoms. The summed E-state index contributed by atoms with van der Waals surface area (Å²) in [6, 6.07) is 67.0. The molecule has 2 heterocycles. The average Bonchev–Trinajstić information content (AvgIpc) is 3.81. The average molecular weight is 677 g/mol. The number of fused-ring (bicyclic) bond motifs is 9. The van der Waals surface area contributed by atoms with Crippen LogP contribution in [0.5, 0.6) is 0 Å². The summed E-state index contributed by atoms with van der Waals surface area (Å²) < 4.78 is 4.95. The van der Waals surface area contributed by atoms with E-state index < -0.39 is 0 Å². The summed E-state index contributed by atoms with van der Waals surface area (Å²) in [7, 11) is 0. The summed E-state index contributed by atoms with van der Waals surface area (Å²) in [4.78, 5) is 0. The van der Waals surface area contributed by atoms with Crippen LogP contribution in [0.15, 0.2) is 182 Å². The van der Waals surface area contributed by atoms with Gasteiger partial charge >= 0.3 is 0 Å². The van der Waals surface area contributed by atoms with Gasteiger partial charge in [0.1, 0.15) is 0 Å². The molecule has 0 unspecified atom stereocenters. The lowest BCUT2D eigenvalue weighted by Gasteiger charge is -2.22. The maximum atomic E-state index is 2.48. The number of aromatic nitrogens is 2. The predicted octanol–water partition coefficient (Wildman–Crippen LogP) is 13.5. The minimum absolute atomic E-state index is 0.185. The van der Waals surface area contributed by atoms with Gasteiger partial charge in [0, 0.05) is 38.2 Å². The van der Waals surface area contributed by atoms with Gasteiger partial charge in [-0.2, -0.15) is 0 Å². The van der Waals surface area contributed by atoms with Crippen molar-refractivity contribution in [3.05, 3.63) is 193 Å². The normalized spacial score (nSPS) is 13.2. The first kappa shape index (κ1) is 30.0. The van der Waals surface area contributed by atoms with Crippen molar-refractivity contribution in [3.63, 3.8) is 0 Å². The van der Waals surface area contributed by atoms with E-state index in [1.54, 1.807) is 0 Å². The Labute approximate surface area is 308 Å². The molecule has 2 nitrogen and oxygen atoms in total. The van der Waals surface area contributed by atoms with Gasteiger partial charge in [-0.3, -0.25) is 0 Å².